The number of aromatic nitrogens is 4. The number of para-hydroxylation sites is 3. The van der Waals surface area contributed by atoms with Crippen LogP contribution in [-0.4, -0.2) is 19.5 Å². The lowest BCUT2D eigenvalue weighted by atomic mass is 9.83. The fraction of sp³-hybridized carbons (Fsp3) is 0.0962. The summed E-state index contributed by atoms with van der Waals surface area (Å²) in [6, 6.07) is 43.7. The molecular formula is C52H34N4O. The smallest absolute Gasteiger partial charge is 0.166 e. The Hall–Kier alpha value is -7.47. The zero-order chi connectivity index (χ0) is 37.7. The van der Waals surface area contributed by atoms with E-state index >= 15 is 0 Å². The standard InChI is InChI=1S/C52H34N4O/c1-4-16-34(17-5-1)39-25-15-27-44(52-54-50(35-18-6-2-7-19-35)53-51(55-52)36-20-8-3-9-21-36)49(39)56-45-28-12-10-23-40(45)41-31-30-38(32-46(41)56)37-22-14-26-43-42-24-11-13-29-47(42)57-48(43)33-37/h2-3,6-13,15-16,18-21,23-31,33,37-38H,1,4,32H2. The third-order valence-electron chi connectivity index (χ3n) is 11.2. The van der Waals surface area contributed by atoms with E-state index < -0.39 is 0 Å². The molecule has 3 aromatic heterocycles. The molecule has 0 bridgehead atoms. The number of hydrogen-bond donors (Lipinski definition) is 0. The molecule has 5 nitrogen and oxygen atoms in total. The van der Waals surface area contributed by atoms with E-state index in [1.165, 1.54) is 16.6 Å². The molecule has 0 aliphatic heterocycles. The normalized spacial score (nSPS) is 16.5. The highest BCUT2D eigenvalue weighted by Crippen LogP contribution is 2.42. The number of allylic oxidation sites excluding steroid dienone is 3. The summed E-state index contributed by atoms with van der Waals surface area (Å²) in [5, 5.41) is 3.34. The van der Waals surface area contributed by atoms with Crippen LogP contribution < -0.4 is 10.6 Å². The van der Waals surface area contributed by atoms with Gasteiger partial charge in [0, 0.05) is 73.3 Å². The molecule has 3 aliphatic carbocycles. The molecule has 0 N–H and O–H groups in total. The van der Waals surface area contributed by atoms with Gasteiger partial charge in [-0.05, 0) is 43.2 Å². The highest BCUT2D eigenvalue weighted by atomic mass is 16.3. The number of furan rings is 1. The first-order chi connectivity index (χ1) is 28.3. The van der Waals surface area contributed by atoms with Crippen LogP contribution in [-0.2, 0) is 6.42 Å². The highest BCUT2D eigenvalue weighted by molar-refractivity contribution is 5.97. The van der Waals surface area contributed by atoms with Crippen LogP contribution in [0.5, 0.6) is 0 Å². The van der Waals surface area contributed by atoms with Gasteiger partial charge in [0.1, 0.15) is 11.0 Å². The van der Waals surface area contributed by atoms with Crippen molar-refractivity contribution in [3.63, 3.8) is 0 Å². The third-order valence-corrected chi connectivity index (χ3v) is 11.2. The first-order valence-electron chi connectivity index (χ1n) is 19.5. The van der Waals surface area contributed by atoms with Crippen molar-refractivity contribution in [2.24, 2.45) is 11.8 Å². The first-order valence-corrected chi connectivity index (χ1v) is 19.5. The second kappa shape index (κ2) is 13.7. The summed E-state index contributed by atoms with van der Waals surface area (Å²) in [5.74, 6) is 15.8. The monoisotopic (exact) mass is 730 g/mol. The van der Waals surface area contributed by atoms with Crippen LogP contribution in [0.25, 0.3) is 85.5 Å². The van der Waals surface area contributed by atoms with Crippen LogP contribution in [0.15, 0.2) is 144 Å². The van der Waals surface area contributed by atoms with Gasteiger partial charge in [0.2, 0.25) is 0 Å². The van der Waals surface area contributed by atoms with Crippen LogP contribution in [0.2, 0.25) is 0 Å². The van der Waals surface area contributed by atoms with E-state index in [0.29, 0.717) is 17.5 Å². The molecule has 0 saturated carbocycles. The molecular weight excluding hydrogens is 697 g/mol. The molecule has 3 aliphatic rings. The molecule has 2 unspecified atom stereocenters. The highest BCUT2D eigenvalue weighted by Gasteiger charge is 2.30. The molecule has 57 heavy (non-hydrogen) atoms. The van der Waals surface area contributed by atoms with E-state index in [1.54, 1.807) is 0 Å². The molecule has 11 rings (SSSR count). The van der Waals surface area contributed by atoms with Crippen LogP contribution in [0.1, 0.15) is 29.7 Å². The van der Waals surface area contributed by atoms with Gasteiger partial charge in [-0.3, -0.25) is 0 Å². The molecule has 8 aromatic rings. The Morgan fingerprint density at radius 1 is 0.684 bits per heavy atom. The molecule has 5 aromatic carbocycles. The SMILES string of the molecule is C1#CC(C2C=Cc3c(n(-c4c(C5=CCCC#C5)cccc4-c4nc(-c5ccccc5)nc(-c5ccccc5)n4)c4ccccc34)C2)C=c2oc3ccccc3c2=C1. The van der Waals surface area contributed by atoms with Crippen molar-refractivity contribution >= 4 is 45.7 Å². The van der Waals surface area contributed by atoms with Gasteiger partial charge in [-0.1, -0.05) is 151 Å². The minimum absolute atomic E-state index is 0.0500. The van der Waals surface area contributed by atoms with Crippen molar-refractivity contribution in [2.45, 2.75) is 19.3 Å². The minimum atomic E-state index is -0.0500. The van der Waals surface area contributed by atoms with E-state index in [4.69, 9.17) is 19.4 Å². The summed E-state index contributed by atoms with van der Waals surface area (Å²) in [5.41, 5.74) is 11.2. The summed E-state index contributed by atoms with van der Waals surface area (Å²) in [4.78, 5) is 15.5. The van der Waals surface area contributed by atoms with Gasteiger partial charge in [0.15, 0.2) is 17.5 Å². The van der Waals surface area contributed by atoms with Crippen molar-refractivity contribution in [1.82, 2.24) is 19.5 Å². The van der Waals surface area contributed by atoms with Crippen molar-refractivity contribution in [3.05, 3.63) is 167 Å². The maximum atomic E-state index is 6.40. The maximum Gasteiger partial charge on any atom is 0.166 e. The maximum absolute atomic E-state index is 6.40. The summed E-state index contributed by atoms with van der Waals surface area (Å²) in [6.07, 6.45) is 13.7. The summed E-state index contributed by atoms with van der Waals surface area (Å²) >= 11 is 0. The fourth-order valence-electron chi connectivity index (χ4n) is 8.51. The Bertz CT molecular complexity index is 3180. The molecule has 2 atom stereocenters. The summed E-state index contributed by atoms with van der Waals surface area (Å²) in [7, 11) is 0. The Morgan fingerprint density at radius 2 is 1.39 bits per heavy atom. The number of nitrogens with zero attached hydrogens (tertiary/aromatic N) is 4. The van der Waals surface area contributed by atoms with E-state index in [9.17, 15) is 0 Å². The molecule has 5 heteroatoms. The molecule has 0 saturated heterocycles. The van der Waals surface area contributed by atoms with Gasteiger partial charge in [-0.15, -0.1) is 0 Å². The topological polar surface area (TPSA) is 56.7 Å². The van der Waals surface area contributed by atoms with E-state index in [2.05, 4.69) is 131 Å². The first kappa shape index (κ1) is 32.9. The van der Waals surface area contributed by atoms with Crippen molar-refractivity contribution < 1.29 is 4.42 Å². The molecule has 268 valence electrons. The predicted molar refractivity (Wildman–Crippen MR) is 230 cm³/mol. The fourth-order valence-corrected chi connectivity index (χ4v) is 8.51. The average Bonchev–Trinajstić information content (AvgIpc) is 3.71. The quantitative estimate of drug-likeness (QED) is 0.160. The van der Waals surface area contributed by atoms with E-state index in [0.717, 1.165) is 79.9 Å². The van der Waals surface area contributed by atoms with E-state index in [1.807, 2.05) is 54.6 Å². The van der Waals surface area contributed by atoms with Crippen molar-refractivity contribution in [1.29, 1.82) is 0 Å². The van der Waals surface area contributed by atoms with Gasteiger partial charge < -0.3 is 8.98 Å². The Balaban J connectivity index is 1.14. The zero-order valence-electron chi connectivity index (χ0n) is 31.0. The van der Waals surface area contributed by atoms with Gasteiger partial charge in [0.25, 0.3) is 0 Å². The molecule has 0 amide bonds. The van der Waals surface area contributed by atoms with Crippen LogP contribution in [0, 0.1) is 35.5 Å². The second-order valence-electron chi connectivity index (χ2n) is 14.6. The largest absolute Gasteiger partial charge is 0.456 e. The minimum Gasteiger partial charge on any atom is -0.456 e. The molecule has 0 fully saturated rings. The lowest BCUT2D eigenvalue weighted by Gasteiger charge is -2.25. The van der Waals surface area contributed by atoms with Crippen molar-refractivity contribution in [2.75, 3.05) is 0 Å². The van der Waals surface area contributed by atoms with E-state index in [-0.39, 0.29) is 11.8 Å². The van der Waals surface area contributed by atoms with Gasteiger partial charge in [0.05, 0.1) is 11.2 Å². The summed E-state index contributed by atoms with van der Waals surface area (Å²) in [6.45, 7) is 0. The number of rotatable bonds is 6. The number of fused-ring (bicyclic) bond motifs is 6. The van der Waals surface area contributed by atoms with Crippen molar-refractivity contribution in [3.8, 4) is 63.5 Å². The Labute approximate surface area is 330 Å². The lowest BCUT2D eigenvalue weighted by Crippen LogP contribution is -2.23. The number of hydrogen-bond acceptors (Lipinski definition) is 4. The number of benzene rings is 5. The average molecular weight is 731 g/mol. The van der Waals surface area contributed by atoms with Crippen LogP contribution in [0.4, 0.5) is 0 Å². The van der Waals surface area contributed by atoms with Crippen LogP contribution >= 0.6 is 0 Å². The predicted octanol–water partition coefficient (Wildman–Crippen LogP) is 9.82. The lowest BCUT2D eigenvalue weighted by molar-refractivity contribution is 0.544. The van der Waals surface area contributed by atoms with Crippen LogP contribution in [0.3, 0.4) is 0 Å². The second-order valence-corrected chi connectivity index (χ2v) is 14.6. The molecule has 0 radical (unpaired) electrons. The Kier molecular flexibility index (Phi) is 7.90. The Morgan fingerprint density at radius 3 is 2.16 bits per heavy atom. The van der Waals surface area contributed by atoms with Gasteiger partial charge in [-0.25, -0.2) is 15.0 Å². The third kappa shape index (κ3) is 5.72. The van der Waals surface area contributed by atoms with Gasteiger partial charge >= 0.3 is 0 Å². The summed E-state index contributed by atoms with van der Waals surface area (Å²) < 4.78 is 8.86. The molecule has 0 spiro atoms. The zero-order valence-corrected chi connectivity index (χ0v) is 31.0. The van der Waals surface area contributed by atoms with Gasteiger partial charge in [-0.2, -0.15) is 0 Å². The molecule has 3 heterocycles.